The van der Waals surface area contributed by atoms with Crippen molar-refractivity contribution in [2.75, 3.05) is 0 Å². The lowest BCUT2D eigenvalue weighted by atomic mass is 9.58. The monoisotopic (exact) mass is 248 g/mol. The van der Waals surface area contributed by atoms with E-state index in [-0.39, 0.29) is 0 Å². The molecular formula is C18H32. The second kappa shape index (κ2) is 4.53. The second-order valence-electron chi connectivity index (χ2n) is 8.08. The first-order chi connectivity index (χ1) is 8.62. The molecule has 3 aliphatic rings. The van der Waals surface area contributed by atoms with Gasteiger partial charge in [0.25, 0.3) is 0 Å². The van der Waals surface area contributed by atoms with Crippen LogP contribution in [-0.4, -0.2) is 0 Å². The Kier molecular flexibility index (Phi) is 3.27. The van der Waals surface area contributed by atoms with Crippen molar-refractivity contribution in [1.29, 1.82) is 0 Å². The first-order valence-corrected chi connectivity index (χ1v) is 8.62. The Hall–Kier alpha value is 0. The Balaban J connectivity index is 1.77. The molecule has 3 fully saturated rings. The molecule has 3 saturated carbocycles. The van der Waals surface area contributed by atoms with Crippen LogP contribution >= 0.6 is 0 Å². The minimum Gasteiger partial charge on any atom is -0.0654 e. The van der Waals surface area contributed by atoms with Crippen molar-refractivity contribution in [2.45, 2.75) is 85.0 Å². The zero-order valence-electron chi connectivity index (χ0n) is 12.8. The van der Waals surface area contributed by atoms with Crippen LogP contribution in [0.5, 0.6) is 0 Å². The van der Waals surface area contributed by atoms with E-state index in [0.717, 1.165) is 28.6 Å². The maximum Gasteiger partial charge on any atom is -0.0261 e. The second-order valence-corrected chi connectivity index (χ2v) is 8.08. The molecule has 18 heavy (non-hydrogen) atoms. The average Bonchev–Trinajstić information content (AvgIpc) is 3.03. The van der Waals surface area contributed by atoms with Gasteiger partial charge in [0.1, 0.15) is 0 Å². The number of fused-ring (bicyclic) bond motifs is 1. The van der Waals surface area contributed by atoms with Gasteiger partial charge in [-0.2, -0.15) is 0 Å². The van der Waals surface area contributed by atoms with E-state index < -0.39 is 0 Å². The molecule has 0 radical (unpaired) electrons. The SMILES string of the molecule is CCCCC1(C2CCC3[C@@H](C)CCC[C@@]32C)CC1. The minimum absolute atomic E-state index is 0.724. The molecule has 0 nitrogen and oxygen atoms in total. The van der Waals surface area contributed by atoms with Crippen molar-refractivity contribution in [3.05, 3.63) is 0 Å². The molecule has 0 bridgehead atoms. The summed E-state index contributed by atoms with van der Waals surface area (Å²) in [5, 5.41) is 0. The highest BCUT2D eigenvalue weighted by atomic mass is 14.6. The van der Waals surface area contributed by atoms with Crippen molar-refractivity contribution >= 4 is 0 Å². The molecule has 0 amide bonds. The molecule has 0 aromatic rings. The highest BCUT2D eigenvalue weighted by molar-refractivity contribution is 5.10. The third kappa shape index (κ3) is 1.86. The predicted octanol–water partition coefficient (Wildman–Crippen LogP) is 5.81. The molecule has 104 valence electrons. The Morgan fingerprint density at radius 1 is 1.06 bits per heavy atom. The summed E-state index contributed by atoms with van der Waals surface area (Å²) < 4.78 is 0. The molecule has 3 rings (SSSR count). The summed E-state index contributed by atoms with van der Waals surface area (Å²) in [4.78, 5) is 0. The van der Waals surface area contributed by atoms with Crippen molar-refractivity contribution in [1.82, 2.24) is 0 Å². The van der Waals surface area contributed by atoms with Gasteiger partial charge >= 0.3 is 0 Å². The summed E-state index contributed by atoms with van der Waals surface area (Å²) in [5.74, 6) is 3.16. The predicted molar refractivity (Wildman–Crippen MR) is 78.5 cm³/mol. The van der Waals surface area contributed by atoms with Gasteiger partial charge in [-0.25, -0.2) is 0 Å². The average molecular weight is 248 g/mol. The van der Waals surface area contributed by atoms with E-state index in [9.17, 15) is 0 Å². The number of rotatable bonds is 4. The van der Waals surface area contributed by atoms with Crippen molar-refractivity contribution in [3.63, 3.8) is 0 Å². The number of hydrogen-bond donors (Lipinski definition) is 0. The van der Waals surface area contributed by atoms with Crippen molar-refractivity contribution in [2.24, 2.45) is 28.6 Å². The van der Waals surface area contributed by atoms with E-state index in [0.29, 0.717) is 0 Å². The molecule has 0 spiro atoms. The molecule has 0 heteroatoms. The summed E-state index contributed by atoms with van der Waals surface area (Å²) in [5.41, 5.74) is 1.54. The first-order valence-electron chi connectivity index (χ1n) is 8.62. The molecule has 0 aromatic carbocycles. The third-order valence-corrected chi connectivity index (χ3v) is 7.13. The fourth-order valence-corrected chi connectivity index (χ4v) is 6.03. The maximum atomic E-state index is 2.68. The van der Waals surface area contributed by atoms with Gasteiger partial charge in [-0.1, -0.05) is 46.5 Å². The molecule has 2 unspecified atom stereocenters. The highest BCUT2D eigenvalue weighted by Crippen LogP contribution is 2.69. The highest BCUT2D eigenvalue weighted by Gasteiger charge is 2.60. The van der Waals surface area contributed by atoms with E-state index in [2.05, 4.69) is 20.8 Å². The van der Waals surface area contributed by atoms with Crippen LogP contribution in [0, 0.1) is 28.6 Å². The number of unbranched alkanes of at least 4 members (excludes halogenated alkanes) is 1. The molecular weight excluding hydrogens is 216 g/mol. The fourth-order valence-electron chi connectivity index (χ4n) is 6.03. The van der Waals surface area contributed by atoms with Crippen LogP contribution in [0.2, 0.25) is 0 Å². The van der Waals surface area contributed by atoms with Gasteiger partial charge in [0.2, 0.25) is 0 Å². The van der Waals surface area contributed by atoms with E-state index in [1.807, 2.05) is 0 Å². The van der Waals surface area contributed by atoms with Crippen LogP contribution in [-0.2, 0) is 0 Å². The van der Waals surface area contributed by atoms with Crippen molar-refractivity contribution < 1.29 is 0 Å². The lowest BCUT2D eigenvalue weighted by Crippen LogP contribution is -2.39. The first kappa shape index (κ1) is 13.0. The lowest BCUT2D eigenvalue weighted by Gasteiger charge is -2.47. The molecule has 0 N–H and O–H groups in total. The molecule has 3 aliphatic carbocycles. The molecule has 0 aromatic heterocycles. The van der Waals surface area contributed by atoms with Gasteiger partial charge in [-0.3, -0.25) is 0 Å². The quantitative estimate of drug-likeness (QED) is 0.589. The van der Waals surface area contributed by atoms with Crippen LogP contribution in [0.3, 0.4) is 0 Å². The van der Waals surface area contributed by atoms with Crippen LogP contribution in [0.1, 0.15) is 85.0 Å². The summed E-state index contributed by atoms with van der Waals surface area (Å²) >= 11 is 0. The minimum atomic E-state index is 0.724. The van der Waals surface area contributed by atoms with Crippen LogP contribution in [0.4, 0.5) is 0 Å². The zero-order valence-corrected chi connectivity index (χ0v) is 12.8. The van der Waals surface area contributed by atoms with Crippen molar-refractivity contribution in [3.8, 4) is 0 Å². The Labute approximate surface area is 114 Å². The summed E-state index contributed by atoms with van der Waals surface area (Å²) in [6.07, 6.45) is 15.2. The van der Waals surface area contributed by atoms with E-state index in [1.54, 1.807) is 38.5 Å². The topological polar surface area (TPSA) is 0 Å². The molecule has 0 saturated heterocycles. The van der Waals surface area contributed by atoms with Crippen LogP contribution in [0.25, 0.3) is 0 Å². The number of hydrogen-bond acceptors (Lipinski definition) is 0. The zero-order chi connectivity index (χ0) is 12.8. The Morgan fingerprint density at radius 3 is 2.50 bits per heavy atom. The third-order valence-electron chi connectivity index (χ3n) is 7.13. The van der Waals surface area contributed by atoms with Gasteiger partial charge in [-0.15, -0.1) is 0 Å². The molecule has 0 heterocycles. The Morgan fingerprint density at radius 2 is 1.83 bits per heavy atom. The smallest absolute Gasteiger partial charge is 0.0261 e. The summed E-state index contributed by atoms with van der Waals surface area (Å²) in [6.45, 7) is 7.57. The Bertz CT molecular complexity index is 301. The molecule has 4 atom stereocenters. The maximum absolute atomic E-state index is 2.68. The summed E-state index contributed by atoms with van der Waals surface area (Å²) in [6, 6.07) is 0. The largest absolute Gasteiger partial charge is 0.0654 e. The van der Waals surface area contributed by atoms with Gasteiger partial charge < -0.3 is 0 Å². The van der Waals surface area contributed by atoms with Crippen LogP contribution in [0.15, 0.2) is 0 Å². The van der Waals surface area contributed by atoms with E-state index in [4.69, 9.17) is 0 Å². The normalized spacial score (nSPS) is 45.8. The van der Waals surface area contributed by atoms with Gasteiger partial charge in [0, 0.05) is 0 Å². The molecule has 0 aliphatic heterocycles. The fraction of sp³-hybridized carbons (Fsp3) is 1.00. The van der Waals surface area contributed by atoms with Gasteiger partial charge in [0.05, 0.1) is 0 Å². The van der Waals surface area contributed by atoms with Gasteiger partial charge in [-0.05, 0) is 67.1 Å². The standard InChI is InChI=1S/C18H32/c1-4-5-11-18(12-13-18)16-9-8-15-14(2)7-6-10-17(15,16)3/h14-16H,4-13H2,1-3H3/t14-,15?,16?,17-/m0/s1. The van der Waals surface area contributed by atoms with Gasteiger partial charge in [0.15, 0.2) is 0 Å². The summed E-state index contributed by atoms with van der Waals surface area (Å²) in [7, 11) is 0. The lowest BCUT2D eigenvalue weighted by molar-refractivity contribution is 0.0229. The van der Waals surface area contributed by atoms with Crippen LogP contribution < -0.4 is 0 Å². The van der Waals surface area contributed by atoms with E-state index >= 15 is 0 Å². The van der Waals surface area contributed by atoms with E-state index in [1.165, 1.54) is 25.7 Å².